The number of hydrogen-bond donors (Lipinski definition) is 2. The predicted molar refractivity (Wildman–Crippen MR) is 67.7 cm³/mol. The van der Waals surface area contributed by atoms with E-state index < -0.39 is 11.7 Å². The molecule has 0 aliphatic rings. The summed E-state index contributed by atoms with van der Waals surface area (Å²) in [6.07, 6.45) is 2.35. The summed E-state index contributed by atoms with van der Waals surface area (Å²) in [6.45, 7) is 1.84. The largest absolute Gasteiger partial charge is 0.399 e. The lowest BCUT2D eigenvalue weighted by Crippen LogP contribution is -2.12. The summed E-state index contributed by atoms with van der Waals surface area (Å²) in [4.78, 5) is 15.4. The normalized spacial score (nSPS) is 10.1. The van der Waals surface area contributed by atoms with Crippen LogP contribution in [-0.2, 0) is 0 Å². The molecule has 0 radical (unpaired) electrons. The van der Waals surface area contributed by atoms with Crippen molar-refractivity contribution in [2.24, 2.45) is 0 Å². The van der Waals surface area contributed by atoms with Crippen LogP contribution in [0, 0.1) is 12.7 Å². The monoisotopic (exact) mass is 245 g/mol. The molecule has 0 saturated heterocycles. The highest BCUT2D eigenvalue weighted by Crippen LogP contribution is 2.17. The SMILES string of the molecule is Cc1cc(NC(=O)c2cncc(F)c2)ccc1N. The van der Waals surface area contributed by atoms with E-state index in [1.807, 2.05) is 6.92 Å². The van der Waals surface area contributed by atoms with Gasteiger partial charge in [0.2, 0.25) is 0 Å². The Morgan fingerprint density at radius 2 is 2.11 bits per heavy atom. The van der Waals surface area contributed by atoms with Gasteiger partial charge in [-0.25, -0.2) is 4.39 Å². The van der Waals surface area contributed by atoms with Crippen LogP contribution >= 0.6 is 0 Å². The number of nitrogens with one attached hydrogen (secondary N) is 1. The number of nitrogens with zero attached hydrogens (tertiary/aromatic N) is 1. The van der Waals surface area contributed by atoms with Crippen LogP contribution in [0.3, 0.4) is 0 Å². The first-order valence-corrected chi connectivity index (χ1v) is 5.34. The van der Waals surface area contributed by atoms with Gasteiger partial charge in [-0.15, -0.1) is 0 Å². The summed E-state index contributed by atoms with van der Waals surface area (Å²) in [5.74, 6) is -0.956. The second-order valence-electron chi connectivity index (χ2n) is 3.92. The van der Waals surface area contributed by atoms with Crippen molar-refractivity contribution >= 4 is 17.3 Å². The molecule has 0 fully saturated rings. The molecule has 2 rings (SSSR count). The van der Waals surface area contributed by atoms with Crippen molar-refractivity contribution in [2.45, 2.75) is 6.92 Å². The van der Waals surface area contributed by atoms with Gasteiger partial charge in [-0.1, -0.05) is 0 Å². The first kappa shape index (κ1) is 12.0. The Morgan fingerprint density at radius 1 is 1.33 bits per heavy atom. The van der Waals surface area contributed by atoms with Gasteiger partial charge in [-0.05, 0) is 36.8 Å². The van der Waals surface area contributed by atoms with Gasteiger partial charge in [0.25, 0.3) is 5.91 Å². The van der Waals surface area contributed by atoms with E-state index in [4.69, 9.17) is 5.73 Å². The minimum Gasteiger partial charge on any atom is -0.399 e. The molecule has 1 aromatic carbocycles. The van der Waals surface area contributed by atoms with E-state index in [1.54, 1.807) is 18.2 Å². The quantitative estimate of drug-likeness (QED) is 0.798. The van der Waals surface area contributed by atoms with Crippen molar-refractivity contribution in [2.75, 3.05) is 11.1 Å². The molecule has 1 amide bonds. The second-order valence-corrected chi connectivity index (χ2v) is 3.92. The molecule has 1 heterocycles. The lowest BCUT2D eigenvalue weighted by Gasteiger charge is -2.07. The Kier molecular flexibility index (Phi) is 3.23. The highest BCUT2D eigenvalue weighted by molar-refractivity contribution is 6.04. The van der Waals surface area contributed by atoms with Crippen LogP contribution in [0.15, 0.2) is 36.7 Å². The Morgan fingerprint density at radius 3 is 2.78 bits per heavy atom. The molecule has 0 aliphatic heterocycles. The van der Waals surface area contributed by atoms with Crippen molar-refractivity contribution in [3.05, 3.63) is 53.6 Å². The van der Waals surface area contributed by atoms with E-state index in [1.165, 1.54) is 6.20 Å². The predicted octanol–water partition coefficient (Wildman–Crippen LogP) is 2.36. The Balaban J connectivity index is 2.18. The standard InChI is InChI=1S/C13H12FN3O/c1-8-4-11(2-3-12(8)15)17-13(18)9-5-10(14)7-16-6-9/h2-7H,15H2,1H3,(H,17,18). The molecule has 0 unspecified atom stereocenters. The van der Waals surface area contributed by atoms with E-state index in [-0.39, 0.29) is 5.56 Å². The van der Waals surface area contributed by atoms with E-state index in [2.05, 4.69) is 10.3 Å². The number of nitrogens with two attached hydrogens (primary N) is 1. The summed E-state index contributed by atoms with van der Waals surface area (Å²) in [5, 5.41) is 2.65. The molecule has 1 aromatic heterocycles. The van der Waals surface area contributed by atoms with Gasteiger partial charge in [0.1, 0.15) is 5.82 Å². The molecule has 92 valence electrons. The minimum absolute atomic E-state index is 0.171. The lowest BCUT2D eigenvalue weighted by atomic mass is 10.1. The highest BCUT2D eigenvalue weighted by atomic mass is 19.1. The van der Waals surface area contributed by atoms with Gasteiger partial charge in [0.05, 0.1) is 11.8 Å². The fourth-order valence-electron chi connectivity index (χ4n) is 1.49. The maximum absolute atomic E-state index is 12.9. The third-order valence-corrected chi connectivity index (χ3v) is 2.49. The van der Waals surface area contributed by atoms with E-state index in [0.29, 0.717) is 11.4 Å². The van der Waals surface area contributed by atoms with Gasteiger partial charge in [0, 0.05) is 17.6 Å². The van der Waals surface area contributed by atoms with Gasteiger partial charge >= 0.3 is 0 Å². The lowest BCUT2D eigenvalue weighted by molar-refractivity contribution is 0.102. The molecule has 0 aliphatic carbocycles. The van der Waals surface area contributed by atoms with Crippen LogP contribution < -0.4 is 11.1 Å². The zero-order valence-corrected chi connectivity index (χ0v) is 9.77. The molecule has 0 bridgehead atoms. The number of aryl methyl sites for hydroxylation is 1. The number of pyridine rings is 1. The number of aromatic nitrogens is 1. The Labute approximate surface area is 104 Å². The summed E-state index contributed by atoms with van der Waals surface area (Å²) in [6, 6.07) is 6.27. The first-order chi connectivity index (χ1) is 8.56. The number of halogens is 1. The number of amides is 1. The van der Waals surface area contributed by atoms with Crippen LogP contribution in [0.25, 0.3) is 0 Å². The molecule has 5 heteroatoms. The van der Waals surface area contributed by atoms with E-state index >= 15 is 0 Å². The van der Waals surface area contributed by atoms with Crippen LogP contribution in [0.2, 0.25) is 0 Å². The van der Waals surface area contributed by atoms with Crippen LogP contribution in [-0.4, -0.2) is 10.9 Å². The molecule has 4 nitrogen and oxygen atoms in total. The van der Waals surface area contributed by atoms with Crippen molar-refractivity contribution in [3.8, 4) is 0 Å². The number of anilines is 2. The van der Waals surface area contributed by atoms with Crippen LogP contribution in [0.4, 0.5) is 15.8 Å². The Bertz CT molecular complexity index is 599. The Hall–Kier alpha value is -2.43. The molecular weight excluding hydrogens is 233 g/mol. The zero-order chi connectivity index (χ0) is 13.1. The van der Waals surface area contributed by atoms with E-state index in [0.717, 1.165) is 17.8 Å². The molecule has 2 aromatic rings. The van der Waals surface area contributed by atoms with Crippen molar-refractivity contribution in [1.29, 1.82) is 0 Å². The van der Waals surface area contributed by atoms with Crippen molar-refractivity contribution in [3.63, 3.8) is 0 Å². The molecule has 0 atom stereocenters. The molecule has 18 heavy (non-hydrogen) atoms. The average molecular weight is 245 g/mol. The topological polar surface area (TPSA) is 68.0 Å². The summed E-state index contributed by atoms with van der Waals surface area (Å²) < 4.78 is 12.9. The number of rotatable bonds is 2. The van der Waals surface area contributed by atoms with Gasteiger partial charge in [-0.2, -0.15) is 0 Å². The average Bonchev–Trinajstić information content (AvgIpc) is 2.34. The van der Waals surface area contributed by atoms with Crippen molar-refractivity contribution in [1.82, 2.24) is 4.98 Å². The number of hydrogen-bond acceptors (Lipinski definition) is 3. The number of carbonyl (C=O) groups is 1. The molecule has 0 spiro atoms. The van der Waals surface area contributed by atoms with Gasteiger partial charge < -0.3 is 11.1 Å². The van der Waals surface area contributed by atoms with Gasteiger partial charge in [-0.3, -0.25) is 9.78 Å². The number of carbonyl (C=O) groups excluding carboxylic acids is 1. The van der Waals surface area contributed by atoms with Gasteiger partial charge in [0.15, 0.2) is 0 Å². The third kappa shape index (κ3) is 2.63. The van der Waals surface area contributed by atoms with Crippen molar-refractivity contribution < 1.29 is 9.18 Å². The van der Waals surface area contributed by atoms with Crippen LogP contribution in [0.1, 0.15) is 15.9 Å². The summed E-state index contributed by atoms with van der Waals surface area (Å²) >= 11 is 0. The highest BCUT2D eigenvalue weighted by Gasteiger charge is 2.08. The maximum atomic E-state index is 12.9. The summed E-state index contributed by atoms with van der Waals surface area (Å²) in [7, 11) is 0. The number of nitrogen functional groups attached to an aromatic ring is 1. The number of benzene rings is 1. The molecule has 3 N–H and O–H groups in total. The fraction of sp³-hybridized carbons (Fsp3) is 0.0769. The molecule has 0 saturated carbocycles. The maximum Gasteiger partial charge on any atom is 0.257 e. The summed E-state index contributed by atoms with van der Waals surface area (Å²) in [5.41, 5.74) is 7.98. The smallest absolute Gasteiger partial charge is 0.257 e. The van der Waals surface area contributed by atoms with Crippen LogP contribution in [0.5, 0.6) is 0 Å². The minimum atomic E-state index is -0.545. The fourth-order valence-corrected chi connectivity index (χ4v) is 1.49. The molecular formula is C13H12FN3O. The van der Waals surface area contributed by atoms with E-state index in [9.17, 15) is 9.18 Å². The zero-order valence-electron chi connectivity index (χ0n) is 9.77. The second kappa shape index (κ2) is 4.83. The third-order valence-electron chi connectivity index (χ3n) is 2.49. The first-order valence-electron chi connectivity index (χ1n) is 5.34.